The molecule has 0 atom stereocenters. The van der Waals surface area contributed by atoms with E-state index in [1.807, 2.05) is 0 Å². The number of furan rings is 1. The van der Waals surface area contributed by atoms with E-state index in [1.54, 1.807) is 7.05 Å². The molecule has 0 aliphatic heterocycles. The molecule has 2 rings (SSSR count). The summed E-state index contributed by atoms with van der Waals surface area (Å²) in [5, 5.41) is 2.93. The lowest BCUT2D eigenvalue weighted by Crippen LogP contribution is -2.13. The lowest BCUT2D eigenvalue weighted by atomic mass is 10.3. The zero-order valence-corrected chi connectivity index (χ0v) is 13.9. The van der Waals surface area contributed by atoms with E-state index in [1.165, 1.54) is 12.1 Å². The van der Waals surface area contributed by atoms with E-state index in [0.717, 1.165) is 12.1 Å². The van der Waals surface area contributed by atoms with Crippen molar-refractivity contribution in [1.29, 1.82) is 0 Å². The number of rotatable bonds is 5. The van der Waals surface area contributed by atoms with Gasteiger partial charge in [-0.15, -0.1) is 0 Å². The molecule has 2 aromatic rings. The van der Waals surface area contributed by atoms with Gasteiger partial charge in [0, 0.05) is 6.07 Å². The van der Waals surface area contributed by atoms with E-state index in [9.17, 15) is 12.8 Å². The third-order valence-electron chi connectivity index (χ3n) is 2.52. The van der Waals surface area contributed by atoms with Crippen LogP contribution in [0.1, 0.15) is 5.76 Å². The van der Waals surface area contributed by atoms with Crippen molar-refractivity contribution in [2.75, 3.05) is 11.8 Å². The summed E-state index contributed by atoms with van der Waals surface area (Å²) >= 11 is 8.89. The van der Waals surface area contributed by atoms with E-state index >= 15 is 0 Å². The van der Waals surface area contributed by atoms with Gasteiger partial charge in [-0.1, -0.05) is 11.6 Å². The first-order valence-corrected chi connectivity index (χ1v) is 8.39. The fourth-order valence-electron chi connectivity index (χ4n) is 1.62. The van der Waals surface area contributed by atoms with Crippen molar-refractivity contribution in [2.24, 2.45) is 0 Å². The number of halogens is 3. The number of benzene rings is 1. The van der Waals surface area contributed by atoms with Crippen LogP contribution in [0.3, 0.4) is 0 Å². The van der Waals surface area contributed by atoms with Crippen LogP contribution in [-0.4, -0.2) is 15.5 Å². The molecule has 0 bridgehead atoms. The van der Waals surface area contributed by atoms with Crippen LogP contribution in [0.4, 0.5) is 10.1 Å². The quantitative estimate of drug-likeness (QED) is 0.811. The zero-order valence-electron chi connectivity index (χ0n) is 10.8. The van der Waals surface area contributed by atoms with Gasteiger partial charge in [0.25, 0.3) is 10.0 Å². The highest BCUT2D eigenvalue weighted by molar-refractivity contribution is 9.10. The molecule has 0 aliphatic carbocycles. The fraction of sp³-hybridized carbons (Fsp3) is 0.167. The number of hydrogen-bond donors (Lipinski definition) is 2. The van der Waals surface area contributed by atoms with Crippen molar-refractivity contribution in [3.05, 3.63) is 45.5 Å². The summed E-state index contributed by atoms with van der Waals surface area (Å²) in [4.78, 5) is -0.0897. The van der Waals surface area contributed by atoms with Gasteiger partial charge in [-0.05, 0) is 41.2 Å². The van der Waals surface area contributed by atoms with E-state index in [-0.39, 0.29) is 20.3 Å². The second-order valence-corrected chi connectivity index (χ2v) is 6.89. The summed E-state index contributed by atoms with van der Waals surface area (Å²) in [6.45, 7) is 0.370. The molecule has 21 heavy (non-hydrogen) atoms. The number of anilines is 1. The van der Waals surface area contributed by atoms with Crippen molar-refractivity contribution < 1.29 is 17.2 Å². The summed E-state index contributed by atoms with van der Waals surface area (Å²) in [5.74, 6) is -0.158. The molecule has 1 aromatic heterocycles. The maximum Gasteiger partial charge on any atom is 0.266 e. The van der Waals surface area contributed by atoms with Crippen LogP contribution in [0.2, 0.25) is 5.02 Å². The second kappa shape index (κ2) is 6.35. The predicted molar refractivity (Wildman–Crippen MR) is 81.4 cm³/mol. The second-order valence-electron chi connectivity index (χ2n) is 4.11. The molecule has 9 heteroatoms. The fourth-order valence-corrected chi connectivity index (χ4v) is 3.91. The molecule has 0 unspecified atom stereocenters. The van der Waals surface area contributed by atoms with Gasteiger partial charge >= 0.3 is 0 Å². The average molecular weight is 398 g/mol. The molecule has 0 radical (unpaired) electrons. The van der Waals surface area contributed by atoms with Gasteiger partial charge in [-0.25, -0.2) is 12.8 Å². The van der Waals surface area contributed by atoms with Crippen molar-refractivity contribution >= 4 is 43.2 Å². The molecule has 114 valence electrons. The molecular weight excluding hydrogens is 387 g/mol. The minimum atomic E-state index is -3.95. The Morgan fingerprint density at radius 1 is 1.38 bits per heavy atom. The molecule has 1 heterocycles. The summed E-state index contributed by atoms with van der Waals surface area (Å²) in [6.07, 6.45) is 0. The summed E-state index contributed by atoms with van der Waals surface area (Å²) in [7, 11) is -2.25. The van der Waals surface area contributed by atoms with Crippen molar-refractivity contribution in [3.63, 3.8) is 0 Å². The van der Waals surface area contributed by atoms with Gasteiger partial charge < -0.3 is 9.73 Å². The monoisotopic (exact) mass is 396 g/mol. The number of hydrogen-bond acceptors (Lipinski definition) is 4. The van der Waals surface area contributed by atoms with Crippen LogP contribution in [0.5, 0.6) is 0 Å². The van der Waals surface area contributed by atoms with Crippen LogP contribution in [-0.2, 0) is 16.6 Å². The van der Waals surface area contributed by atoms with Gasteiger partial charge in [0.2, 0.25) is 0 Å². The molecule has 0 fully saturated rings. The lowest BCUT2D eigenvalue weighted by molar-refractivity contribution is 0.470. The van der Waals surface area contributed by atoms with E-state index in [2.05, 4.69) is 26.0 Å². The molecule has 2 N–H and O–H groups in total. The third kappa shape index (κ3) is 3.76. The molecule has 0 saturated carbocycles. The summed E-state index contributed by atoms with van der Waals surface area (Å²) in [5.41, 5.74) is -0.0417. The van der Waals surface area contributed by atoms with Gasteiger partial charge in [0.05, 0.1) is 17.3 Å². The Morgan fingerprint density at radius 3 is 2.76 bits per heavy atom. The average Bonchev–Trinajstić information content (AvgIpc) is 2.76. The topological polar surface area (TPSA) is 71.3 Å². The first kappa shape index (κ1) is 16.3. The summed E-state index contributed by atoms with van der Waals surface area (Å²) in [6, 6.07) is 4.78. The number of sulfonamides is 1. The molecular formula is C12H11BrClFN2O3S. The zero-order chi connectivity index (χ0) is 15.6. The Bertz CT molecular complexity index is 764. The maximum atomic E-state index is 13.2. The van der Waals surface area contributed by atoms with Crippen molar-refractivity contribution in [1.82, 2.24) is 5.32 Å². The molecule has 0 aliphatic rings. The Kier molecular flexibility index (Phi) is 4.92. The smallest absolute Gasteiger partial charge is 0.266 e. The van der Waals surface area contributed by atoms with Gasteiger partial charge in [-0.2, -0.15) is 0 Å². The maximum absolute atomic E-state index is 13.2. The summed E-state index contributed by atoms with van der Waals surface area (Å²) < 4.78 is 45.3. The molecule has 1 aromatic carbocycles. The predicted octanol–water partition coefficient (Wildman–Crippen LogP) is 3.35. The standard InChI is InChI=1S/C12H11BrClFN2O3S/c1-16-6-8-5-11(12(13)20-8)21(18,19)17-10-4-7(15)2-3-9(10)14/h2-5,16-17H,6H2,1H3. The molecule has 5 nitrogen and oxygen atoms in total. The van der Waals surface area contributed by atoms with Crippen LogP contribution >= 0.6 is 27.5 Å². The Morgan fingerprint density at radius 2 is 2.10 bits per heavy atom. The highest BCUT2D eigenvalue weighted by Crippen LogP contribution is 2.30. The van der Waals surface area contributed by atoms with E-state index < -0.39 is 15.8 Å². The van der Waals surface area contributed by atoms with Crippen LogP contribution in [0, 0.1) is 5.82 Å². The molecule has 0 amide bonds. The highest BCUT2D eigenvalue weighted by Gasteiger charge is 2.23. The lowest BCUT2D eigenvalue weighted by Gasteiger charge is -2.08. The minimum absolute atomic E-state index is 0.0417. The van der Waals surface area contributed by atoms with Crippen LogP contribution in [0.15, 0.2) is 38.2 Å². The van der Waals surface area contributed by atoms with Gasteiger partial charge in [0.15, 0.2) is 4.67 Å². The van der Waals surface area contributed by atoms with Crippen molar-refractivity contribution in [2.45, 2.75) is 11.4 Å². The van der Waals surface area contributed by atoms with Gasteiger partial charge in [0.1, 0.15) is 16.5 Å². The Balaban J connectivity index is 2.36. The SMILES string of the molecule is CNCc1cc(S(=O)(=O)Nc2cc(F)ccc2Cl)c(Br)o1. The Labute approximate surface area is 134 Å². The molecule has 0 saturated heterocycles. The first-order valence-electron chi connectivity index (χ1n) is 5.74. The molecule has 0 spiro atoms. The highest BCUT2D eigenvalue weighted by atomic mass is 79.9. The normalized spacial score (nSPS) is 11.6. The first-order chi connectivity index (χ1) is 9.83. The van der Waals surface area contributed by atoms with Gasteiger partial charge in [-0.3, -0.25) is 4.72 Å². The third-order valence-corrected chi connectivity index (χ3v) is 5.07. The van der Waals surface area contributed by atoms with E-state index in [0.29, 0.717) is 12.3 Å². The Hall–Kier alpha value is -1.09. The number of nitrogens with one attached hydrogen (secondary N) is 2. The van der Waals surface area contributed by atoms with Crippen molar-refractivity contribution in [3.8, 4) is 0 Å². The largest absolute Gasteiger partial charge is 0.451 e. The van der Waals surface area contributed by atoms with E-state index in [4.69, 9.17) is 16.0 Å². The minimum Gasteiger partial charge on any atom is -0.451 e. The van der Waals surface area contributed by atoms with Crippen LogP contribution in [0.25, 0.3) is 0 Å². The van der Waals surface area contributed by atoms with Crippen LogP contribution < -0.4 is 10.0 Å².